The zero-order valence-electron chi connectivity index (χ0n) is 17.6. The van der Waals surface area contributed by atoms with Crippen LogP contribution in [0.2, 0.25) is 0 Å². The molecule has 0 spiro atoms. The number of carboxylic acid groups (broad SMARTS) is 1. The number of carboxylic acids is 1. The second kappa shape index (κ2) is 8.67. The van der Waals surface area contributed by atoms with Gasteiger partial charge in [0.05, 0.1) is 16.1 Å². The van der Waals surface area contributed by atoms with E-state index in [-0.39, 0.29) is 0 Å². The summed E-state index contributed by atoms with van der Waals surface area (Å²) >= 11 is 1.56. The van der Waals surface area contributed by atoms with Crippen LogP contribution >= 0.6 is 11.3 Å². The first-order valence-corrected chi connectivity index (χ1v) is 11.0. The van der Waals surface area contributed by atoms with E-state index in [2.05, 4.69) is 34.1 Å². The number of aromatic nitrogens is 2. The summed E-state index contributed by atoms with van der Waals surface area (Å²) in [4.78, 5) is 26.5. The fraction of sp³-hybridized carbons (Fsp3) is 0.409. The van der Waals surface area contributed by atoms with E-state index < -0.39 is 5.97 Å². The van der Waals surface area contributed by atoms with Crippen molar-refractivity contribution in [3.8, 4) is 10.6 Å². The Kier molecular flexibility index (Phi) is 5.99. The van der Waals surface area contributed by atoms with Gasteiger partial charge in [0.15, 0.2) is 0 Å². The largest absolute Gasteiger partial charge is 0.478 e. The number of thiophene rings is 1. The van der Waals surface area contributed by atoms with Crippen LogP contribution in [0.15, 0.2) is 30.5 Å². The molecule has 0 aliphatic carbocycles. The number of aryl methyl sites for hydroxylation is 1. The number of nitrogens with zero attached hydrogens (tertiary/aromatic N) is 4. The van der Waals surface area contributed by atoms with Crippen LogP contribution in [-0.4, -0.2) is 76.7 Å². The number of piperazine rings is 1. The zero-order chi connectivity index (χ0) is 21.3. The first-order valence-electron chi connectivity index (χ1n) is 10.2. The standard InChI is InChI=1S/C22H27N5O2S/c1-14-12-24-22(23-7-8-27-10-9-26(3)13-15(27)2)25-20(14)19-11-17-16(21(28)29)5-4-6-18(17)30-19/h4-6,11-12,15H,7-10,13H2,1-3H3,(H,28,29)(H,23,24,25)/t15-/m1/s1. The van der Waals surface area contributed by atoms with Crippen molar-refractivity contribution in [3.63, 3.8) is 0 Å². The topological polar surface area (TPSA) is 81.6 Å². The van der Waals surface area contributed by atoms with Crippen molar-refractivity contribution in [2.75, 3.05) is 45.1 Å². The minimum atomic E-state index is -0.912. The second-order valence-electron chi connectivity index (χ2n) is 7.93. The van der Waals surface area contributed by atoms with Gasteiger partial charge in [0.1, 0.15) is 0 Å². The Morgan fingerprint density at radius 3 is 2.97 bits per heavy atom. The van der Waals surface area contributed by atoms with Gasteiger partial charge < -0.3 is 15.3 Å². The van der Waals surface area contributed by atoms with E-state index in [1.54, 1.807) is 23.5 Å². The number of aromatic carboxylic acids is 1. The molecule has 0 amide bonds. The molecule has 1 aliphatic heterocycles. The Hall–Kier alpha value is -2.55. The van der Waals surface area contributed by atoms with Crippen LogP contribution in [0, 0.1) is 6.92 Å². The average molecular weight is 426 g/mol. The van der Waals surface area contributed by atoms with Crippen molar-refractivity contribution in [3.05, 3.63) is 41.6 Å². The van der Waals surface area contributed by atoms with E-state index in [0.29, 0.717) is 17.6 Å². The lowest BCUT2D eigenvalue weighted by Gasteiger charge is -2.38. The van der Waals surface area contributed by atoms with Crippen LogP contribution in [0.1, 0.15) is 22.8 Å². The molecule has 1 atom stereocenters. The zero-order valence-corrected chi connectivity index (χ0v) is 18.4. The van der Waals surface area contributed by atoms with Crippen molar-refractivity contribution >= 4 is 33.3 Å². The van der Waals surface area contributed by atoms with E-state index in [9.17, 15) is 9.90 Å². The lowest BCUT2D eigenvalue weighted by molar-refractivity contribution is 0.0699. The van der Waals surface area contributed by atoms with Crippen molar-refractivity contribution in [1.29, 1.82) is 0 Å². The fourth-order valence-electron chi connectivity index (χ4n) is 3.96. The van der Waals surface area contributed by atoms with E-state index >= 15 is 0 Å². The Bertz CT molecular complexity index is 1070. The molecule has 3 aromatic rings. The molecule has 2 aromatic heterocycles. The van der Waals surface area contributed by atoms with Gasteiger partial charge in [-0.15, -0.1) is 11.3 Å². The monoisotopic (exact) mass is 425 g/mol. The SMILES string of the molecule is Cc1cnc(NCCN2CCN(C)C[C@H]2C)nc1-c1cc2c(C(=O)O)cccc2s1. The van der Waals surface area contributed by atoms with Crippen LogP contribution in [0.5, 0.6) is 0 Å². The van der Waals surface area contributed by atoms with E-state index in [0.717, 1.165) is 58.9 Å². The highest BCUT2D eigenvalue weighted by Crippen LogP contribution is 2.35. The van der Waals surface area contributed by atoms with E-state index in [1.165, 1.54) is 0 Å². The number of benzene rings is 1. The van der Waals surface area contributed by atoms with Gasteiger partial charge in [-0.25, -0.2) is 14.8 Å². The van der Waals surface area contributed by atoms with E-state index in [1.807, 2.05) is 25.3 Å². The van der Waals surface area contributed by atoms with Crippen LogP contribution in [0.3, 0.4) is 0 Å². The maximum Gasteiger partial charge on any atom is 0.336 e. The van der Waals surface area contributed by atoms with Gasteiger partial charge in [0.2, 0.25) is 5.95 Å². The highest BCUT2D eigenvalue weighted by molar-refractivity contribution is 7.22. The molecule has 30 heavy (non-hydrogen) atoms. The first-order chi connectivity index (χ1) is 14.4. The lowest BCUT2D eigenvalue weighted by Crippen LogP contribution is -2.51. The Morgan fingerprint density at radius 1 is 1.37 bits per heavy atom. The van der Waals surface area contributed by atoms with Gasteiger partial charge in [-0.2, -0.15) is 0 Å². The Balaban J connectivity index is 1.50. The predicted octanol–water partition coefficient (Wildman–Crippen LogP) is 3.41. The summed E-state index contributed by atoms with van der Waals surface area (Å²) < 4.78 is 0.946. The molecular weight excluding hydrogens is 398 g/mol. The van der Waals surface area contributed by atoms with Crippen LogP contribution in [0.25, 0.3) is 20.7 Å². The van der Waals surface area contributed by atoms with Crippen LogP contribution in [0.4, 0.5) is 5.95 Å². The number of rotatable bonds is 6. The second-order valence-corrected chi connectivity index (χ2v) is 9.02. The summed E-state index contributed by atoms with van der Waals surface area (Å²) in [5.74, 6) is -0.307. The van der Waals surface area contributed by atoms with Crippen molar-refractivity contribution in [2.45, 2.75) is 19.9 Å². The quantitative estimate of drug-likeness (QED) is 0.626. The summed E-state index contributed by atoms with van der Waals surface area (Å²) in [7, 11) is 2.17. The van der Waals surface area contributed by atoms with Crippen molar-refractivity contribution < 1.29 is 9.90 Å². The molecule has 1 fully saturated rings. The summed E-state index contributed by atoms with van der Waals surface area (Å²) in [5, 5.41) is 13.6. The highest BCUT2D eigenvalue weighted by Gasteiger charge is 2.21. The maximum atomic E-state index is 11.5. The Morgan fingerprint density at radius 2 is 2.20 bits per heavy atom. The number of fused-ring (bicyclic) bond motifs is 1. The van der Waals surface area contributed by atoms with Crippen molar-refractivity contribution in [2.24, 2.45) is 0 Å². The molecule has 0 radical (unpaired) electrons. The number of likely N-dealkylation sites (N-methyl/N-ethyl adjacent to an activating group) is 1. The average Bonchev–Trinajstić information content (AvgIpc) is 3.14. The molecule has 1 aliphatic rings. The molecule has 7 nitrogen and oxygen atoms in total. The lowest BCUT2D eigenvalue weighted by atomic mass is 10.1. The van der Waals surface area contributed by atoms with Crippen molar-refractivity contribution in [1.82, 2.24) is 19.8 Å². The number of hydrogen-bond donors (Lipinski definition) is 2. The molecule has 2 N–H and O–H groups in total. The molecule has 0 bridgehead atoms. The molecule has 1 saturated heterocycles. The third-order valence-corrected chi connectivity index (χ3v) is 6.75. The minimum Gasteiger partial charge on any atom is -0.478 e. The summed E-state index contributed by atoms with van der Waals surface area (Å²) in [6, 6.07) is 7.84. The van der Waals surface area contributed by atoms with Gasteiger partial charge in [-0.05, 0) is 44.7 Å². The summed E-state index contributed by atoms with van der Waals surface area (Å²) in [5.41, 5.74) is 2.14. The molecule has 3 heterocycles. The smallest absolute Gasteiger partial charge is 0.336 e. The highest BCUT2D eigenvalue weighted by atomic mass is 32.1. The van der Waals surface area contributed by atoms with Gasteiger partial charge in [-0.3, -0.25) is 4.90 Å². The van der Waals surface area contributed by atoms with E-state index in [4.69, 9.17) is 4.98 Å². The number of carbonyl (C=O) groups is 1. The first kappa shape index (κ1) is 20.7. The number of anilines is 1. The van der Waals surface area contributed by atoms with Gasteiger partial charge in [-0.1, -0.05) is 6.07 Å². The van der Waals surface area contributed by atoms with Gasteiger partial charge in [0.25, 0.3) is 0 Å². The van der Waals surface area contributed by atoms with Gasteiger partial charge in [0, 0.05) is 55.0 Å². The minimum absolute atomic E-state index is 0.321. The fourth-order valence-corrected chi connectivity index (χ4v) is 5.10. The van der Waals surface area contributed by atoms with Gasteiger partial charge >= 0.3 is 5.97 Å². The normalized spacial score (nSPS) is 18.0. The summed E-state index contributed by atoms with van der Waals surface area (Å²) in [6.07, 6.45) is 1.83. The molecule has 1 aromatic carbocycles. The third-order valence-electron chi connectivity index (χ3n) is 5.65. The Labute approximate surface area is 180 Å². The molecule has 0 saturated carbocycles. The molecule has 0 unspecified atom stereocenters. The number of hydrogen-bond acceptors (Lipinski definition) is 7. The van der Waals surface area contributed by atoms with Crippen LogP contribution in [-0.2, 0) is 0 Å². The molecule has 158 valence electrons. The van der Waals surface area contributed by atoms with Crippen LogP contribution < -0.4 is 5.32 Å². The number of nitrogens with one attached hydrogen (secondary N) is 1. The third kappa shape index (κ3) is 4.30. The molecule has 8 heteroatoms. The molecule has 4 rings (SSSR count). The summed E-state index contributed by atoms with van der Waals surface area (Å²) in [6.45, 7) is 9.25. The maximum absolute atomic E-state index is 11.5. The molecular formula is C22H27N5O2S. The predicted molar refractivity (Wildman–Crippen MR) is 122 cm³/mol.